The maximum absolute atomic E-state index is 14.0. The smallest absolute Gasteiger partial charge is 0.252 e. The minimum absolute atomic E-state index is 0.101. The van der Waals surface area contributed by atoms with E-state index in [-0.39, 0.29) is 23.0 Å². The van der Waals surface area contributed by atoms with E-state index >= 15 is 0 Å². The Labute approximate surface area is 211 Å². The SMILES string of the molecule is CN(C(=O)CSc1ccccc1C(=O)NCC1(c2cccc(F)c2)CCOCC1)C1CCCCC1. The summed E-state index contributed by atoms with van der Waals surface area (Å²) in [6, 6.07) is 14.4. The standard InChI is InChI=1S/C28H35FN2O3S/c1-31(23-10-3-2-4-11-23)26(32)19-35-25-13-6-5-12-24(25)27(33)30-20-28(14-16-34-17-15-28)21-8-7-9-22(29)18-21/h5-9,12-13,18,23H,2-4,10-11,14-17,19-20H2,1H3,(H,30,33). The second-order valence-corrected chi connectivity index (χ2v) is 10.7. The lowest BCUT2D eigenvalue weighted by Gasteiger charge is -2.38. The zero-order chi connectivity index (χ0) is 24.7. The second-order valence-electron chi connectivity index (χ2n) is 9.67. The van der Waals surface area contributed by atoms with Crippen LogP contribution in [0, 0.1) is 5.82 Å². The molecule has 2 aromatic carbocycles. The molecule has 0 radical (unpaired) electrons. The first kappa shape index (κ1) is 25.7. The fourth-order valence-electron chi connectivity index (χ4n) is 5.19. The molecule has 2 amide bonds. The van der Waals surface area contributed by atoms with Crippen molar-refractivity contribution >= 4 is 23.6 Å². The zero-order valence-corrected chi connectivity index (χ0v) is 21.2. The fourth-order valence-corrected chi connectivity index (χ4v) is 6.16. The van der Waals surface area contributed by atoms with Gasteiger partial charge in [-0.05, 0) is 55.5 Å². The first-order chi connectivity index (χ1) is 17.0. The molecule has 1 saturated carbocycles. The third kappa shape index (κ3) is 6.44. The summed E-state index contributed by atoms with van der Waals surface area (Å²) >= 11 is 1.41. The third-order valence-electron chi connectivity index (χ3n) is 7.47. The van der Waals surface area contributed by atoms with Crippen molar-refractivity contribution in [1.29, 1.82) is 0 Å². The molecule has 5 nitrogen and oxygen atoms in total. The highest BCUT2D eigenvalue weighted by atomic mass is 32.2. The van der Waals surface area contributed by atoms with Crippen LogP contribution >= 0.6 is 11.8 Å². The molecule has 0 bridgehead atoms. The molecule has 188 valence electrons. The van der Waals surface area contributed by atoms with E-state index in [4.69, 9.17) is 4.74 Å². The Bertz CT molecular complexity index is 1020. The summed E-state index contributed by atoms with van der Waals surface area (Å²) in [6.07, 6.45) is 7.20. The van der Waals surface area contributed by atoms with Crippen molar-refractivity contribution in [3.8, 4) is 0 Å². The van der Waals surface area contributed by atoms with Gasteiger partial charge in [0.1, 0.15) is 5.82 Å². The van der Waals surface area contributed by atoms with Crippen molar-refractivity contribution in [2.24, 2.45) is 0 Å². The van der Waals surface area contributed by atoms with E-state index in [2.05, 4.69) is 5.32 Å². The van der Waals surface area contributed by atoms with Crippen LogP contribution in [0.3, 0.4) is 0 Å². The minimum Gasteiger partial charge on any atom is -0.381 e. The first-order valence-electron chi connectivity index (χ1n) is 12.6. The lowest BCUT2D eigenvalue weighted by atomic mass is 9.74. The van der Waals surface area contributed by atoms with Gasteiger partial charge in [0.05, 0.1) is 11.3 Å². The molecule has 0 atom stereocenters. The van der Waals surface area contributed by atoms with Crippen LogP contribution in [0.15, 0.2) is 53.4 Å². The Balaban J connectivity index is 1.41. The Morgan fingerprint density at radius 2 is 1.83 bits per heavy atom. The molecule has 35 heavy (non-hydrogen) atoms. The number of carbonyl (C=O) groups excluding carboxylic acids is 2. The zero-order valence-electron chi connectivity index (χ0n) is 20.4. The van der Waals surface area contributed by atoms with Gasteiger partial charge in [-0.25, -0.2) is 4.39 Å². The van der Waals surface area contributed by atoms with Crippen LogP contribution in [0.1, 0.15) is 60.9 Å². The molecule has 4 rings (SSSR count). The molecule has 0 spiro atoms. The average molecular weight is 499 g/mol. The van der Waals surface area contributed by atoms with E-state index in [1.165, 1.54) is 37.1 Å². The normalized spacial score (nSPS) is 18.1. The van der Waals surface area contributed by atoms with Crippen LogP contribution in [0.4, 0.5) is 4.39 Å². The quantitative estimate of drug-likeness (QED) is 0.509. The van der Waals surface area contributed by atoms with Crippen molar-refractivity contribution in [2.45, 2.75) is 61.3 Å². The average Bonchev–Trinajstić information content (AvgIpc) is 2.91. The first-order valence-corrected chi connectivity index (χ1v) is 13.6. The van der Waals surface area contributed by atoms with Gasteiger partial charge in [-0.2, -0.15) is 0 Å². The van der Waals surface area contributed by atoms with Gasteiger partial charge >= 0.3 is 0 Å². The van der Waals surface area contributed by atoms with Crippen LogP contribution in [-0.4, -0.2) is 55.3 Å². The number of carbonyl (C=O) groups is 2. The highest BCUT2D eigenvalue weighted by Crippen LogP contribution is 2.35. The summed E-state index contributed by atoms with van der Waals surface area (Å²) in [5.74, 6) is -0.0425. The van der Waals surface area contributed by atoms with E-state index < -0.39 is 0 Å². The molecular weight excluding hydrogens is 463 g/mol. The van der Waals surface area contributed by atoms with E-state index in [1.807, 2.05) is 36.2 Å². The number of thioether (sulfide) groups is 1. The monoisotopic (exact) mass is 498 g/mol. The van der Waals surface area contributed by atoms with Crippen molar-refractivity contribution < 1.29 is 18.7 Å². The number of hydrogen-bond acceptors (Lipinski definition) is 4. The van der Waals surface area contributed by atoms with Crippen LogP contribution < -0.4 is 5.32 Å². The number of amides is 2. The lowest BCUT2D eigenvalue weighted by molar-refractivity contribution is -0.129. The van der Waals surface area contributed by atoms with Gasteiger partial charge in [0.15, 0.2) is 0 Å². The summed E-state index contributed by atoms with van der Waals surface area (Å²) < 4.78 is 19.5. The lowest BCUT2D eigenvalue weighted by Crippen LogP contribution is -2.44. The van der Waals surface area contributed by atoms with Gasteiger partial charge in [-0.15, -0.1) is 11.8 Å². The van der Waals surface area contributed by atoms with Gasteiger partial charge in [0, 0.05) is 43.2 Å². The molecule has 2 fully saturated rings. The highest BCUT2D eigenvalue weighted by molar-refractivity contribution is 8.00. The van der Waals surface area contributed by atoms with Gasteiger partial charge in [-0.3, -0.25) is 9.59 Å². The molecule has 2 aliphatic rings. The van der Waals surface area contributed by atoms with Gasteiger partial charge in [0.25, 0.3) is 5.91 Å². The van der Waals surface area contributed by atoms with Crippen molar-refractivity contribution in [1.82, 2.24) is 10.2 Å². The van der Waals surface area contributed by atoms with Crippen LogP contribution in [0.5, 0.6) is 0 Å². The molecule has 7 heteroatoms. The second kappa shape index (κ2) is 12.0. The van der Waals surface area contributed by atoms with Crippen LogP contribution in [0.2, 0.25) is 0 Å². The largest absolute Gasteiger partial charge is 0.381 e. The molecule has 0 aromatic heterocycles. The van der Waals surface area contributed by atoms with Gasteiger partial charge in [-0.1, -0.05) is 43.5 Å². The maximum atomic E-state index is 14.0. The van der Waals surface area contributed by atoms with Crippen LogP contribution in [-0.2, 0) is 14.9 Å². The summed E-state index contributed by atoms with van der Waals surface area (Å²) in [6.45, 7) is 1.56. The topological polar surface area (TPSA) is 58.6 Å². The van der Waals surface area contributed by atoms with E-state index in [9.17, 15) is 14.0 Å². The number of nitrogens with one attached hydrogen (secondary N) is 1. The molecule has 1 saturated heterocycles. The molecule has 2 aromatic rings. The predicted molar refractivity (Wildman–Crippen MR) is 137 cm³/mol. The molecule has 1 N–H and O–H groups in total. The number of halogens is 1. The maximum Gasteiger partial charge on any atom is 0.252 e. The minimum atomic E-state index is -0.364. The van der Waals surface area contributed by atoms with Crippen LogP contribution in [0.25, 0.3) is 0 Å². The Morgan fingerprint density at radius 3 is 2.57 bits per heavy atom. The molecular formula is C28H35FN2O3S. The predicted octanol–water partition coefficient (Wildman–Crippen LogP) is 5.19. The Morgan fingerprint density at radius 1 is 1.09 bits per heavy atom. The van der Waals surface area contributed by atoms with Crippen molar-refractivity contribution in [3.05, 3.63) is 65.5 Å². The number of rotatable bonds is 8. The number of ether oxygens (including phenoxy) is 1. The van der Waals surface area contributed by atoms with Crippen molar-refractivity contribution in [2.75, 3.05) is 32.6 Å². The van der Waals surface area contributed by atoms with E-state index in [0.29, 0.717) is 37.1 Å². The van der Waals surface area contributed by atoms with Gasteiger partial charge < -0.3 is 15.0 Å². The summed E-state index contributed by atoms with van der Waals surface area (Å²) in [5.41, 5.74) is 1.09. The molecule has 1 heterocycles. The molecule has 1 aliphatic heterocycles. The third-order valence-corrected chi connectivity index (χ3v) is 8.53. The summed E-state index contributed by atoms with van der Waals surface area (Å²) in [4.78, 5) is 28.8. The number of benzene rings is 2. The number of hydrogen-bond donors (Lipinski definition) is 1. The fraction of sp³-hybridized carbons (Fsp3) is 0.500. The highest BCUT2D eigenvalue weighted by Gasteiger charge is 2.35. The Kier molecular flexibility index (Phi) is 8.84. The number of nitrogens with zero attached hydrogens (tertiary/aromatic N) is 1. The van der Waals surface area contributed by atoms with E-state index in [0.717, 1.165) is 36.1 Å². The molecule has 1 aliphatic carbocycles. The molecule has 0 unspecified atom stereocenters. The summed E-state index contributed by atoms with van der Waals surface area (Å²) in [5, 5.41) is 3.10. The summed E-state index contributed by atoms with van der Waals surface area (Å²) in [7, 11) is 1.90. The van der Waals surface area contributed by atoms with Crippen molar-refractivity contribution in [3.63, 3.8) is 0 Å². The van der Waals surface area contributed by atoms with Gasteiger partial charge in [0.2, 0.25) is 5.91 Å². The Hall–Kier alpha value is -2.38. The van der Waals surface area contributed by atoms with E-state index in [1.54, 1.807) is 18.2 Å².